The Morgan fingerprint density at radius 3 is 2.34 bits per heavy atom. The van der Waals surface area contributed by atoms with Crippen molar-refractivity contribution in [1.29, 1.82) is 0 Å². The summed E-state index contributed by atoms with van der Waals surface area (Å²) in [5.41, 5.74) is 4.72. The zero-order chi connectivity index (χ0) is 23.3. The molecule has 166 valence electrons. The van der Waals surface area contributed by atoms with E-state index in [-0.39, 0.29) is 10.7 Å². The van der Waals surface area contributed by atoms with Gasteiger partial charge in [0.15, 0.2) is 0 Å². The quantitative estimate of drug-likeness (QED) is 0.407. The third-order valence-corrected chi connectivity index (χ3v) is 6.61. The lowest BCUT2D eigenvalue weighted by atomic mass is 10.2. The van der Waals surface area contributed by atoms with Crippen LogP contribution in [0.15, 0.2) is 76.7 Å². The van der Waals surface area contributed by atoms with Gasteiger partial charge in [-0.1, -0.05) is 41.4 Å². The molecule has 1 N–H and O–H groups in total. The van der Waals surface area contributed by atoms with Crippen molar-refractivity contribution < 1.29 is 17.6 Å². The number of carbonyl (C=O) groups is 1. The molecule has 1 amide bonds. The van der Waals surface area contributed by atoms with E-state index in [0.29, 0.717) is 21.8 Å². The van der Waals surface area contributed by atoms with Crippen LogP contribution in [0.1, 0.15) is 16.7 Å². The summed E-state index contributed by atoms with van der Waals surface area (Å²) in [5.74, 6) is -1.03. The Morgan fingerprint density at radius 1 is 1.06 bits per heavy atom. The molecule has 0 aromatic heterocycles. The number of anilines is 1. The summed E-state index contributed by atoms with van der Waals surface area (Å²) in [4.78, 5) is 12.6. The number of hydrogen-bond donors (Lipinski definition) is 1. The van der Waals surface area contributed by atoms with E-state index in [1.54, 1.807) is 37.3 Å². The molecular weight excluding hydrogens is 453 g/mol. The Hall–Kier alpha value is -3.23. The Bertz CT molecular complexity index is 1240. The second-order valence-electron chi connectivity index (χ2n) is 7.10. The largest absolute Gasteiger partial charge is 0.271 e. The van der Waals surface area contributed by atoms with E-state index in [0.717, 1.165) is 9.87 Å². The lowest BCUT2D eigenvalue weighted by molar-refractivity contribution is -0.119. The highest BCUT2D eigenvalue weighted by Gasteiger charge is 2.28. The molecule has 0 radical (unpaired) electrons. The number of rotatable bonds is 7. The van der Waals surface area contributed by atoms with Crippen LogP contribution in [-0.4, -0.2) is 27.1 Å². The van der Waals surface area contributed by atoms with Crippen LogP contribution < -0.4 is 9.73 Å². The number of sulfonamides is 1. The molecule has 0 unspecified atom stereocenters. The van der Waals surface area contributed by atoms with Gasteiger partial charge in [0.2, 0.25) is 0 Å². The topological polar surface area (TPSA) is 78.8 Å². The second kappa shape index (κ2) is 9.93. The van der Waals surface area contributed by atoms with E-state index < -0.39 is 22.5 Å². The Kier molecular flexibility index (Phi) is 7.27. The van der Waals surface area contributed by atoms with Crippen molar-refractivity contribution >= 4 is 39.4 Å². The predicted octanol–water partition coefficient (Wildman–Crippen LogP) is 4.44. The van der Waals surface area contributed by atoms with Crippen LogP contribution in [0.2, 0.25) is 5.02 Å². The molecule has 0 spiro atoms. The maximum atomic E-state index is 13.4. The van der Waals surface area contributed by atoms with Gasteiger partial charge in [0.25, 0.3) is 15.9 Å². The summed E-state index contributed by atoms with van der Waals surface area (Å²) in [6.45, 7) is 3.06. The number of hydrazone groups is 1. The van der Waals surface area contributed by atoms with Crippen LogP contribution in [-0.2, 0) is 14.8 Å². The number of aryl methyl sites for hydroxylation is 2. The zero-order valence-electron chi connectivity index (χ0n) is 17.4. The molecule has 0 aliphatic carbocycles. The minimum absolute atomic E-state index is 0.0556. The number of amides is 1. The molecular formula is C23H21ClFN3O3S. The Labute approximate surface area is 191 Å². The van der Waals surface area contributed by atoms with Gasteiger partial charge in [-0.25, -0.2) is 18.2 Å². The van der Waals surface area contributed by atoms with E-state index in [2.05, 4.69) is 10.5 Å². The average molecular weight is 474 g/mol. The summed E-state index contributed by atoms with van der Waals surface area (Å²) in [6, 6.07) is 16.6. The summed E-state index contributed by atoms with van der Waals surface area (Å²) < 4.78 is 40.8. The van der Waals surface area contributed by atoms with Crippen LogP contribution in [0, 0.1) is 19.7 Å². The van der Waals surface area contributed by atoms with E-state index in [4.69, 9.17) is 11.6 Å². The van der Waals surface area contributed by atoms with Gasteiger partial charge < -0.3 is 0 Å². The van der Waals surface area contributed by atoms with Gasteiger partial charge in [-0.3, -0.25) is 9.10 Å². The predicted molar refractivity (Wildman–Crippen MR) is 124 cm³/mol. The van der Waals surface area contributed by atoms with E-state index >= 15 is 0 Å². The third kappa shape index (κ3) is 5.72. The van der Waals surface area contributed by atoms with Crippen LogP contribution in [0.3, 0.4) is 0 Å². The molecule has 3 aromatic carbocycles. The number of benzene rings is 3. The molecule has 32 heavy (non-hydrogen) atoms. The molecule has 0 heterocycles. The van der Waals surface area contributed by atoms with Crippen molar-refractivity contribution in [3.05, 3.63) is 94.3 Å². The molecule has 0 fully saturated rings. The van der Waals surface area contributed by atoms with Crippen molar-refractivity contribution in [2.24, 2.45) is 5.10 Å². The van der Waals surface area contributed by atoms with Gasteiger partial charge in [-0.2, -0.15) is 5.10 Å². The smallest absolute Gasteiger partial charge is 0.264 e. The molecule has 0 saturated carbocycles. The second-order valence-corrected chi connectivity index (χ2v) is 9.40. The van der Waals surface area contributed by atoms with Gasteiger partial charge in [0, 0.05) is 5.02 Å². The fraction of sp³-hybridized carbons (Fsp3) is 0.130. The number of hydrogen-bond acceptors (Lipinski definition) is 4. The monoisotopic (exact) mass is 473 g/mol. The lowest BCUT2D eigenvalue weighted by Gasteiger charge is -2.25. The summed E-state index contributed by atoms with van der Waals surface area (Å²) in [7, 11) is -4.05. The van der Waals surface area contributed by atoms with Crippen molar-refractivity contribution in [1.82, 2.24) is 5.43 Å². The minimum Gasteiger partial charge on any atom is -0.271 e. The third-order valence-electron chi connectivity index (χ3n) is 4.60. The first kappa shape index (κ1) is 23.4. The Morgan fingerprint density at radius 2 is 1.72 bits per heavy atom. The summed E-state index contributed by atoms with van der Waals surface area (Å²) in [6.07, 6.45) is 1.34. The first-order valence-electron chi connectivity index (χ1n) is 9.60. The average Bonchev–Trinajstić information content (AvgIpc) is 2.74. The van der Waals surface area contributed by atoms with Crippen molar-refractivity contribution in [2.75, 3.05) is 10.8 Å². The van der Waals surface area contributed by atoms with Gasteiger partial charge in [-0.15, -0.1) is 0 Å². The molecule has 0 bridgehead atoms. The molecule has 0 saturated heterocycles. The van der Waals surface area contributed by atoms with Crippen molar-refractivity contribution in [2.45, 2.75) is 18.7 Å². The molecule has 6 nitrogen and oxygen atoms in total. The maximum absolute atomic E-state index is 13.4. The standard InChI is InChI=1S/C23H21ClFN3O3S/c1-16-3-10-21(11-4-16)32(30,31)28(22-12-7-19(24)13-17(22)2)15-23(29)27-26-14-18-5-8-20(25)9-6-18/h3-14H,15H2,1-2H3,(H,27,29)/b26-14+. The number of nitrogens with one attached hydrogen (secondary N) is 1. The fourth-order valence-corrected chi connectivity index (χ4v) is 4.64. The number of nitrogens with zero attached hydrogens (tertiary/aromatic N) is 2. The van der Waals surface area contributed by atoms with Crippen LogP contribution >= 0.6 is 11.6 Å². The highest BCUT2D eigenvalue weighted by molar-refractivity contribution is 7.92. The minimum atomic E-state index is -4.05. The first-order valence-corrected chi connectivity index (χ1v) is 11.4. The number of carbonyl (C=O) groups excluding carboxylic acids is 1. The molecule has 0 aliphatic heterocycles. The van der Waals surface area contributed by atoms with Crippen LogP contribution in [0.5, 0.6) is 0 Å². The summed E-state index contributed by atoms with van der Waals surface area (Å²) in [5, 5.41) is 4.28. The fourth-order valence-electron chi connectivity index (χ4n) is 2.93. The van der Waals surface area contributed by atoms with Gasteiger partial charge in [-0.05, 0) is 67.4 Å². The van der Waals surface area contributed by atoms with Gasteiger partial charge in [0.1, 0.15) is 12.4 Å². The lowest BCUT2D eigenvalue weighted by Crippen LogP contribution is -2.40. The van der Waals surface area contributed by atoms with Gasteiger partial charge >= 0.3 is 0 Å². The van der Waals surface area contributed by atoms with E-state index in [9.17, 15) is 17.6 Å². The maximum Gasteiger partial charge on any atom is 0.264 e. The van der Waals surface area contributed by atoms with E-state index in [1.807, 2.05) is 6.92 Å². The van der Waals surface area contributed by atoms with Crippen LogP contribution in [0.25, 0.3) is 0 Å². The highest BCUT2D eigenvalue weighted by Crippen LogP contribution is 2.29. The van der Waals surface area contributed by atoms with Gasteiger partial charge in [0.05, 0.1) is 16.8 Å². The highest BCUT2D eigenvalue weighted by atomic mass is 35.5. The van der Waals surface area contributed by atoms with Crippen molar-refractivity contribution in [3.8, 4) is 0 Å². The first-order chi connectivity index (χ1) is 15.2. The molecule has 3 aromatic rings. The molecule has 0 aliphatic rings. The molecule has 9 heteroatoms. The molecule has 3 rings (SSSR count). The van der Waals surface area contributed by atoms with Crippen LogP contribution in [0.4, 0.5) is 10.1 Å². The normalized spacial score (nSPS) is 11.5. The Balaban J connectivity index is 1.87. The SMILES string of the molecule is Cc1ccc(S(=O)(=O)N(CC(=O)N/N=C/c2ccc(F)cc2)c2ccc(Cl)cc2C)cc1. The number of halogens is 2. The van der Waals surface area contributed by atoms with E-state index in [1.165, 1.54) is 42.6 Å². The molecule has 0 atom stereocenters. The van der Waals surface area contributed by atoms with Crippen molar-refractivity contribution in [3.63, 3.8) is 0 Å². The summed E-state index contributed by atoms with van der Waals surface area (Å²) >= 11 is 6.02. The zero-order valence-corrected chi connectivity index (χ0v) is 19.0.